The van der Waals surface area contributed by atoms with Crippen molar-refractivity contribution < 1.29 is 4.39 Å². The van der Waals surface area contributed by atoms with Crippen LogP contribution in [0.3, 0.4) is 0 Å². The third-order valence-corrected chi connectivity index (χ3v) is 4.76. The average molecular weight is 302 g/mol. The number of fused-ring (bicyclic) bond motifs is 1. The summed E-state index contributed by atoms with van der Waals surface area (Å²) in [6.45, 7) is 0. The Hall–Kier alpha value is -1.72. The van der Waals surface area contributed by atoms with Gasteiger partial charge < -0.3 is 0 Å². The number of hydrogen-bond donors (Lipinski definition) is 0. The Labute approximate surface area is 124 Å². The Morgan fingerprint density at radius 1 is 1.20 bits per heavy atom. The van der Waals surface area contributed by atoms with Crippen molar-refractivity contribution in [1.29, 1.82) is 0 Å². The van der Waals surface area contributed by atoms with Crippen LogP contribution in [0.1, 0.15) is 5.56 Å². The van der Waals surface area contributed by atoms with Gasteiger partial charge in [0.25, 0.3) is 0 Å². The maximum atomic E-state index is 12.8. The Bertz CT molecular complexity index is 763. The van der Waals surface area contributed by atoms with Gasteiger partial charge in [0.1, 0.15) is 5.82 Å². The number of rotatable bonds is 3. The van der Waals surface area contributed by atoms with Crippen molar-refractivity contribution in [2.24, 2.45) is 4.99 Å². The lowest BCUT2D eigenvalue weighted by molar-refractivity contribution is 0.628. The molecule has 0 fully saturated rings. The zero-order chi connectivity index (χ0) is 13.9. The average Bonchev–Trinajstić information content (AvgIpc) is 2.89. The summed E-state index contributed by atoms with van der Waals surface area (Å²) < 4.78 is 15.0. The lowest BCUT2D eigenvalue weighted by Crippen LogP contribution is -1.80. The molecule has 1 aromatic heterocycles. The molecule has 3 aromatic rings. The molecule has 5 heteroatoms. The molecule has 0 aliphatic heterocycles. The molecule has 2 aromatic carbocycles. The van der Waals surface area contributed by atoms with Gasteiger partial charge >= 0.3 is 0 Å². The predicted octanol–water partition coefficient (Wildman–Crippen LogP) is 4.91. The summed E-state index contributed by atoms with van der Waals surface area (Å²) in [6, 6.07) is 12.2. The van der Waals surface area contributed by atoms with Crippen LogP contribution in [0.5, 0.6) is 0 Å². The van der Waals surface area contributed by atoms with Crippen molar-refractivity contribution >= 4 is 45.2 Å². The van der Waals surface area contributed by atoms with Gasteiger partial charge in [-0.3, -0.25) is 4.99 Å². The van der Waals surface area contributed by atoms with Gasteiger partial charge in [0.05, 0.1) is 15.9 Å². The minimum atomic E-state index is -0.238. The van der Waals surface area contributed by atoms with E-state index in [-0.39, 0.29) is 5.82 Å². The Morgan fingerprint density at radius 3 is 2.75 bits per heavy atom. The number of halogens is 1. The van der Waals surface area contributed by atoms with Gasteiger partial charge in [0, 0.05) is 6.21 Å². The van der Waals surface area contributed by atoms with Gasteiger partial charge in [0.15, 0.2) is 4.34 Å². The molecule has 0 aliphatic rings. The third-order valence-electron chi connectivity index (χ3n) is 2.76. The van der Waals surface area contributed by atoms with E-state index in [0.717, 1.165) is 25.8 Å². The molecule has 20 heavy (non-hydrogen) atoms. The molecule has 2 nitrogen and oxygen atoms in total. The lowest BCUT2D eigenvalue weighted by Gasteiger charge is -1.94. The molecular formula is C15H11FN2S2. The quantitative estimate of drug-likeness (QED) is 0.507. The second-order valence-corrected chi connectivity index (χ2v) is 6.23. The highest BCUT2D eigenvalue weighted by atomic mass is 32.2. The highest BCUT2D eigenvalue weighted by Gasteiger charge is 2.03. The highest BCUT2D eigenvalue weighted by molar-refractivity contribution is 8.00. The molecule has 100 valence electrons. The molecule has 0 aliphatic carbocycles. The SMILES string of the molecule is CSc1nc2ccc(N=Cc3ccc(F)cc3)cc2s1. The monoisotopic (exact) mass is 302 g/mol. The van der Waals surface area contributed by atoms with Crippen LogP contribution in [-0.4, -0.2) is 17.5 Å². The Balaban J connectivity index is 1.88. The molecule has 0 atom stereocenters. The van der Waals surface area contributed by atoms with Crippen LogP contribution in [0, 0.1) is 5.82 Å². The van der Waals surface area contributed by atoms with Crippen LogP contribution in [-0.2, 0) is 0 Å². The number of aromatic nitrogens is 1. The van der Waals surface area contributed by atoms with Gasteiger partial charge in [-0.2, -0.15) is 0 Å². The fourth-order valence-electron chi connectivity index (χ4n) is 1.76. The number of nitrogens with zero attached hydrogens (tertiary/aromatic N) is 2. The molecule has 3 rings (SSSR count). The smallest absolute Gasteiger partial charge is 0.150 e. The van der Waals surface area contributed by atoms with Gasteiger partial charge in [-0.1, -0.05) is 23.9 Å². The maximum absolute atomic E-state index is 12.8. The fraction of sp³-hybridized carbons (Fsp3) is 0.0667. The summed E-state index contributed by atoms with van der Waals surface area (Å²) in [5, 5.41) is 0. The van der Waals surface area contributed by atoms with E-state index in [2.05, 4.69) is 9.98 Å². The molecule has 1 heterocycles. The lowest BCUT2D eigenvalue weighted by atomic mass is 10.2. The summed E-state index contributed by atoms with van der Waals surface area (Å²) >= 11 is 3.31. The first kappa shape index (κ1) is 13.3. The molecule has 0 radical (unpaired) electrons. The van der Waals surface area contributed by atoms with Gasteiger partial charge in [-0.25, -0.2) is 9.37 Å². The first-order valence-electron chi connectivity index (χ1n) is 5.99. The van der Waals surface area contributed by atoms with Gasteiger partial charge in [-0.15, -0.1) is 11.3 Å². The van der Waals surface area contributed by atoms with E-state index in [0.29, 0.717) is 0 Å². The number of thiazole rings is 1. The van der Waals surface area contributed by atoms with Crippen molar-refractivity contribution in [3.63, 3.8) is 0 Å². The van der Waals surface area contributed by atoms with E-state index >= 15 is 0 Å². The van der Waals surface area contributed by atoms with E-state index < -0.39 is 0 Å². The summed E-state index contributed by atoms with van der Waals surface area (Å²) in [5.74, 6) is -0.238. The number of hydrogen-bond acceptors (Lipinski definition) is 4. The van der Waals surface area contributed by atoms with Crippen molar-refractivity contribution in [3.05, 3.63) is 53.8 Å². The molecule has 0 saturated carbocycles. The Kier molecular flexibility index (Phi) is 3.80. The standard InChI is InChI=1S/C15H11FN2S2/c1-19-15-18-13-7-6-12(8-14(13)20-15)17-9-10-2-4-11(16)5-3-10/h2-9H,1H3. The summed E-state index contributed by atoms with van der Waals surface area (Å²) in [4.78, 5) is 8.90. The fourth-order valence-corrected chi connectivity index (χ4v) is 3.28. The predicted molar refractivity (Wildman–Crippen MR) is 85.1 cm³/mol. The molecule has 0 N–H and O–H groups in total. The second-order valence-electron chi connectivity index (χ2n) is 4.15. The number of thioether (sulfide) groups is 1. The molecular weight excluding hydrogens is 291 g/mol. The van der Waals surface area contributed by atoms with E-state index in [1.54, 1.807) is 41.4 Å². The maximum Gasteiger partial charge on any atom is 0.150 e. The van der Waals surface area contributed by atoms with Crippen LogP contribution in [0.4, 0.5) is 10.1 Å². The summed E-state index contributed by atoms with van der Waals surface area (Å²) in [6.07, 6.45) is 3.75. The van der Waals surface area contributed by atoms with Crippen molar-refractivity contribution in [3.8, 4) is 0 Å². The first-order chi connectivity index (χ1) is 9.74. The van der Waals surface area contributed by atoms with Crippen molar-refractivity contribution in [2.45, 2.75) is 4.34 Å². The topological polar surface area (TPSA) is 25.2 Å². The first-order valence-corrected chi connectivity index (χ1v) is 8.03. The molecule has 0 bridgehead atoms. The zero-order valence-corrected chi connectivity index (χ0v) is 12.3. The number of benzene rings is 2. The second kappa shape index (κ2) is 5.73. The van der Waals surface area contributed by atoms with E-state index in [1.165, 1.54) is 12.1 Å². The normalized spacial score (nSPS) is 11.5. The highest BCUT2D eigenvalue weighted by Crippen LogP contribution is 2.30. The van der Waals surface area contributed by atoms with Crippen LogP contribution in [0.15, 0.2) is 51.8 Å². The van der Waals surface area contributed by atoms with E-state index in [1.807, 2.05) is 24.5 Å². The summed E-state index contributed by atoms with van der Waals surface area (Å²) in [7, 11) is 0. The molecule has 0 unspecified atom stereocenters. The van der Waals surface area contributed by atoms with Crippen molar-refractivity contribution in [1.82, 2.24) is 4.98 Å². The minimum Gasteiger partial charge on any atom is -0.256 e. The van der Waals surface area contributed by atoms with Gasteiger partial charge in [0.2, 0.25) is 0 Å². The molecule has 0 saturated heterocycles. The molecule has 0 amide bonds. The largest absolute Gasteiger partial charge is 0.256 e. The van der Waals surface area contributed by atoms with Crippen LogP contribution in [0.25, 0.3) is 10.2 Å². The van der Waals surface area contributed by atoms with Crippen LogP contribution in [0.2, 0.25) is 0 Å². The zero-order valence-electron chi connectivity index (χ0n) is 10.7. The third kappa shape index (κ3) is 2.89. The minimum absolute atomic E-state index is 0.238. The van der Waals surface area contributed by atoms with Gasteiger partial charge in [-0.05, 0) is 42.2 Å². The van der Waals surface area contributed by atoms with Crippen LogP contribution < -0.4 is 0 Å². The Morgan fingerprint density at radius 2 is 2.00 bits per heavy atom. The summed E-state index contributed by atoms with van der Waals surface area (Å²) in [5.41, 5.74) is 2.75. The molecule has 0 spiro atoms. The van der Waals surface area contributed by atoms with Crippen LogP contribution >= 0.6 is 23.1 Å². The van der Waals surface area contributed by atoms with E-state index in [4.69, 9.17) is 0 Å². The number of aliphatic imine (C=N–C) groups is 1. The van der Waals surface area contributed by atoms with E-state index in [9.17, 15) is 4.39 Å². The van der Waals surface area contributed by atoms with Crippen molar-refractivity contribution in [2.75, 3.05) is 6.26 Å².